The maximum Gasteiger partial charge on any atom is 0.355 e. The third kappa shape index (κ3) is 4.87. The Morgan fingerprint density at radius 1 is 1.12 bits per heavy atom. The molecule has 1 aromatic carbocycles. The summed E-state index contributed by atoms with van der Waals surface area (Å²) >= 11 is 0. The van der Waals surface area contributed by atoms with Gasteiger partial charge in [-0.15, -0.1) is 0 Å². The van der Waals surface area contributed by atoms with Crippen LogP contribution in [0.25, 0.3) is 11.1 Å². The molecule has 3 rings (SSSR count). The maximum atomic E-state index is 11.5. The highest BCUT2D eigenvalue weighted by Crippen LogP contribution is 2.28. The van der Waals surface area contributed by atoms with Crippen LogP contribution in [0, 0.1) is 0 Å². The van der Waals surface area contributed by atoms with Crippen LogP contribution in [0.2, 0.25) is 0 Å². The van der Waals surface area contributed by atoms with Crippen LogP contribution in [0.5, 0.6) is 0 Å². The van der Waals surface area contributed by atoms with E-state index in [0.29, 0.717) is 24.2 Å². The molecule has 32 heavy (non-hydrogen) atoms. The quantitative estimate of drug-likeness (QED) is 0.446. The Hall–Kier alpha value is -3.10. The minimum absolute atomic E-state index is 0.0410. The van der Waals surface area contributed by atoms with Crippen LogP contribution in [-0.4, -0.2) is 45.0 Å². The van der Waals surface area contributed by atoms with Gasteiger partial charge in [0.15, 0.2) is 5.69 Å². The molecular formula is C24H30N4O4. The summed E-state index contributed by atoms with van der Waals surface area (Å²) in [6.45, 7) is 4.88. The summed E-state index contributed by atoms with van der Waals surface area (Å²) < 4.78 is 13.2. The lowest BCUT2D eigenvalue weighted by atomic mass is 10.0. The molecule has 1 N–H and O–H groups in total. The van der Waals surface area contributed by atoms with Gasteiger partial charge >= 0.3 is 5.97 Å². The number of hydrogen-bond acceptors (Lipinski definition) is 6. The molecule has 0 fully saturated rings. The molecule has 170 valence electrons. The lowest BCUT2D eigenvalue weighted by Gasteiger charge is -2.26. The van der Waals surface area contributed by atoms with Gasteiger partial charge in [-0.05, 0) is 23.6 Å². The van der Waals surface area contributed by atoms with Crippen molar-refractivity contribution in [3.05, 3.63) is 65.5 Å². The van der Waals surface area contributed by atoms with E-state index >= 15 is 0 Å². The van der Waals surface area contributed by atoms with Crippen LogP contribution in [-0.2, 0) is 28.2 Å². The van der Waals surface area contributed by atoms with E-state index in [9.17, 15) is 9.90 Å². The zero-order valence-corrected chi connectivity index (χ0v) is 19.0. The molecule has 0 atom stereocenters. The first kappa shape index (κ1) is 23.6. The molecule has 8 nitrogen and oxygen atoms in total. The average molecular weight is 439 g/mol. The van der Waals surface area contributed by atoms with Crippen LogP contribution in [0.3, 0.4) is 0 Å². The Morgan fingerprint density at radius 2 is 1.84 bits per heavy atom. The molecule has 0 saturated heterocycles. The first-order valence-corrected chi connectivity index (χ1v) is 10.8. The summed E-state index contributed by atoms with van der Waals surface area (Å²) in [5.74, 6) is -0.657. The number of ether oxygens (including phenoxy) is 2. The third-order valence-electron chi connectivity index (χ3n) is 5.57. The van der Waals surface area contributed by atoms with E-state index in [1.165, 1.54) is 6.20 Å². The third-order valence-corrected chi connectivity index (χ3v) is 5.57. The fourth-order valence-corrected chi connectivity index (χ4v) is 3.66. The number of aromatic carboxylic acids is 1. The second-order valence-corrected chi connectivity index (χ2v) is 7.52. The van der Waals surface area contributed by atoms with Crippen molar-refractivity contribution in [2.75, 3.05) is 14.2 Å². The summed E-state index contributed by atoms with van der Waals surface area (Å²) in [7, 11) is 3.20. The molecule has 0 aliphatic carbocycles. The van der Waals surface area contributed by atoms with Gasteiger partial charge < -0.3 is 14.6 Å². The van der Waals surface area contributed by atoms with Gasteiger partial charge in [-0.2, -0.15) is 5.10 Å². The van der Waals surface area contributed by atoms with Gasteiger partial charge in [0.25, 0.3) is 0 Å². The van der Waals surface area contributed by atoms with E-state index in [-0.39, 0.29) is 5.69 Å². The van der Waals surface area contributed by atoms with Crippen LogP contribution < -0.4 is 0 Å². The van der Waals surface area contributed by atoms with Crippen molar-refractivity contribution >= 4 is 5.97 Å². The monoisotopic (exact) mass is 438 g/mol. The summed E-state index contributed by atoms with van der Waals surface area (Å²) in [5, 5.41) is 14.1. The van der Waals surface area contributed by atoms with Crippen molar-refractivity contribution in [3.8, 4) is 11.1 Å². The number of nitrogens with zero attached hydrogens (tertiary/aromatic N) is 4. The smallest absolute Gasteiger partial charge is 0.355 e. The Bertz CT molecular complexity index is 1030. The van der Waals surface area contributed by atoms with Crippen molar-refractivity contribution in [3.63, 3.8) is 0 Å². The number of carbonyl (C=O) groups is 1. The van der Waals surface area contributed by atoms with Crippen molar-refractivity contribution in [2.24, 2.45) is 0 Å². The predicted octanol–water partition coefficient (Wildman–Crippen LogP) is 4.28. The highest BCUT2D eigenvalue weighted by atomic mass is 16.7. The normalized spacial score (nSPS) is 11.6. The molecule has 0 radical (unpaired) electrons. The summed E-state index contributed by atoms with van der Waals surface area (Å²) in [6, 6.07) is 11.3. The van der Waals surface area contributed by atoms with E-state index in [2.05, 4.69) is 11.9 Å². The van der Waals surface area contributed by atoms with Crippen LogP contribution in [0.4, 0.5) is 0 Å². The number of rotatable bonds is 11. The lowest BCUT2D eigenvalue weighted by molar-refractivity contribution is -0.222. The summed E-state index contributed by atoms with van der Waals surface area (Å²) in [6.07, 6.45) is 4.70. The SMILES string of the molecule is CCCCn1nc(C(CC)(OC)OC)nc1Cc1ccc(-c2cccnc2C(=O)O)cc1. The number of pyridine rings is 1. The number of aryl methyl sites for hydroxylation is 1. The number of carboxylic acid groups (broad SMARTS) is 1. The maximum absolute atomic E-state index is 11.5. The average Bonchev–Trinajstić information content (AvgIpc) is 3.22. The summed E-state index contributed by atoms with van der Waals surface area (Å²) in [5.41, 5.74) is 2.48. The van der Waals surface area contributed by atoms with Crippen molar-refractivity contribution in [2.45, 2.75) is 51.9 Å². The van der Waals surface area contributed by atoms with E-state index in [1.807, 2.05) is 35.9 Å². The number of aromatic nitrogens is 4. The van der Waals surface area contributed by atoms with Crippen LogP contribution in [0.1, 0.15) is 60.8 Å². The first-order chi connectivity index (χ1) is 15.5. The van der Waals surface area contributed by atoms with E-state index in [4.69, 9.17) is 19.6 Å². The highest BCUT2D eigenvalue weighted by Gasteiger charge is 2.35. The number of carboxylic acids is 1. The van der Waals surface area contributed by atoms with Gasteiger partial charge in [-0.1, -0.05) is 50.6 Å². The Labute approximate surface area is 188 Å². The molecule has 8 heteroatoms. The molecule has 2 heterocycles. The molecule has 0 spiro atoms. The fourth-order valence-electron chi connectivity index (χ4n) is 3.66. The van der Waals surface area contributed by atoms with Gasteiger partial charge in [0.1, 0.15) is 5.82 Å². The second-order valence-electron chi connectivity index (χ2n) is 7.52. The van der Waals surface area contributed by atoms with Gasteiger partial charge in [0, 0.05) is 45.4 Å². The minimum atomic E-state index is -1.04. The minimum Gasteiger partial charge on any atom is -0.476 e. The number of hydrogen-bond donors (Lipinski definition) is 1. The Balaban J connectivity index is 1.90. The van der Waals surface area contributed by atoms with E-state index in [1.54, 1.807) is 26.4 Å². The molecule has 2 aromatic heterocycles. The van der Waals surface area contributed by atoms with E-state index in [0.717, 1.165) is 36.3 Å². The zero-order chi connectivity index (χ0) is 23.1. The molecule has 0 unspecified atom stereocenters. The highest BCUT2D eigenvalue weighted by molar-refractivity contribution is 5.93. The van der Waals surface area contributed by atoms with Gasteiger partial charge in [0.05, 0.1) is 0 Å². The van der Waals surface area contributed by atoms with Crippen molar-refractivity contribution < 1.29 is 19.4 Å². The largest absolute Gasteiger partial charge is 0.476 e. The molecule has 0 saturated carbocycles. The van der Waals surface area contributed by atoms with Gasteiger partial charge in [-0.3, -0.25) is 0 Å². The topological polar surface area (TPSA) is 99.4 Å². The van der Waals surface area contributed by atoms with Crippen molar-refractivity contribution in [1.29, 1.82) is 0 Å². The number of benzene rings is 1. The first-order valence-electron chi connectivity index (χ1n) is 10.8. The summed E-state index contributed by atoms with van der Waals surface area (Å²) in [4.78, 5) is 20.2. The fraction of sp³-hybridized carbons (Fsp3) is 0.417. The van der Waals surface area contributed by atoms with Gasteiger partial charge in [-0.25, -0.2) is 19.4 Å². The Kier molecular flexibility index (Phi) is 7.71. The zero-order valence-electron chi connectivity index (χ0n) is 19.0. The Morgan fingerprint density at radius 3 is 2.44 bits per heavy atom. The van der Waals surface area contributed by atoms with Crippen LogP contribution in [0.15, 0.2) is 42.6 Å². The molecule has 0 aliphatic rings. The molecule has 0 bridgehead atoms. The standard InChI is InChI=1S/C24H30N4O4/c1-5-7-15-28-20(26-23(27-28)24(6-2,31-3)32-4)16-17-10-12-18(13-11-17)19-9-8-14-25-21(19)22(29)30/h8-14H,5-7,15-16H2,1-4H3,(H,29,30). The molecule has 0 amide bonds. The molecular weight excluding hydrogens is 408 g/mol. The van der Waals surface area contributed by atoms with E-state index < -0.39 is 11.8 Å². The lowest BCUT2D eigenvalue weighted by Crippen LogP contribution is -2.31. The van der Waals surface area contributed by atoms with Gasteiger partial charge in [0.2, 0.25) is 11.6 Å². The molecule has 3 aromatic rings. The molecule has 0 aliphatic heterocycles. The number of unbranched alkanes of at least 4 members (excludes halogenated alkanes) is 1. The number of methoxy groups -OCH3 is 2. The predicted molar refractivity (Wildman–Crippen MR) is 120 cm³/mol. The van der Waals surface area contributed by atoms with Crippen molar-refractivity contribution in [1.82, 2.24) is 19.7 Å². The second kappa shape index (κ2) is 10.5. The van der Waals surface area contributed by atoms with Crippen LogP contribution >= 0.6 is 0 Å².